The van der Waals surface area contributed by atoms with E-state index in [1.807, 2.05) is 6.20 Å². The normalized spacial score (nSPS) is 15.5. The number of anilines is 1. The molecule has 1 saturated heterocycles. The van der Waals surface area contributed by atoms with Crippen molar-refractivity contribution in [2.45, 2.75) is 19.4 Å². The first-order valence-electron chi connectivity index (χ1n) is 7.87. The maximum Gasteiger partial charge on any atom is 0.128 e. The molecule has 0 atom stereocenters. The van der Waals surface area contributed by atoms with Gasteiger partial charge in [-0.3, -0.25) is 0 Å². The Hall–Kier alpha value is -1.17. The van der Waals surface area contributed by atoms with Crippen LogP contribution in [0.25, 0.3) is 0 Å². The van der Waals surface area contributed by atoms with Crippen LogP contribution >= 0.6 is 0 Å². The SMILES string of the molecule is COCCNCc1ccc(N(C)CCN2CCCC2)nc1. The largest absolute Gasteiger partial charge is 0.383 e. The highest BCUT2D eigenvalue weighted by molar-refractivity contribution is 5.38. The summed E-state index contributed by atoms with van der Waals surface area (Å²) < 4.78 is 5.01. The summed E-state index contributed by atoms with van der Waals surface area (Å²) in [4.78, 5) is 9.33. The number of hydrogen-bond donors (Lipinski definition) is 1. The van der Waals surface area contributed by atoms with Crippen molar-refractivity contribution in [2.75, 3.05) is 58.4 Å². The molecule has 0 unspecified atom stereocenters. The molecule has 0 spiro atoms. The lowest BCUT2D eigenvalue weighted by molar-refractivity contribution is 0.199. The third kappa shape index (κ3) is 5.61. The summed E-state index contributed by atoms with van der Waals surface area (Å²) >= 11 is 0. The van der Waals surface area contributed by atoms with Gasteiger partial charge in [-0.1, -0.05) is 6.07 Å². The number of likely N-dealkylation sites (N-methyl/N-ethyl adjacent to an activating group) is 1. The van der Waals surface area contributed by atoms with Crippen LogP contribution in [0.4, 0.5) is 5.82 Å². The molecule has 0 bridgehead atoms. The molecular weight excluding hydrogens is 264 g/mol. The molecule has 0 amide bonds. The minimum atomic E-state index is 0.741. The Balaban J connectivity index is 1.72. The molecule has 1 aromatic heterocycles. The van der Waals surface area contributed by atoms with E-state index in [1.165, 1.54) is 31.5 Å². The average molecular weight is 292 g/mol. The van der Waals surface area contributed by atoms with Crippen LogP contribution in [0.1, 0.15) is 18.4 Å². The van der Waals surface area contributed by atoms with E-state index >= 15 is 0 Å². The van der Waals surface area contributed by atoms with E-state index in [-0.39, 0.29) is 0 Å². The van der Waals surface area contributed by atoms with Gasteiger partial charge in [-0.05, 0) is 37.6 Å². The van der Waals surface area contributed by atoms with Gasteiger partial charge >= 0.3 is 0 Å². The second kappa shape index (κ2) is 8.97. The van der Waals surface area contributed by atoms with Crippen LogP contribution in [-0.4, -0.2) is 63.4 Å². The summed E-state index contributed by atoms with van der Waals surface area (Å²) in [5, 5.41) is 3.33. The molecule has 21 heavy (non-hydrogen) atoms. The fourth-order valence-electron chi connectivity index (χ4n) is 2.57. The highest BCUT2D eigenvalue weighted by Crippen LogP contribution is 2.11. The number of pyridine rings is 1. The first kappa shape index (κ1) is 16.2. The zero-order chi connectivity index (χ0) is 14.9. The standard InChI is InChI=1S/C16H28N4O/c1-19(10-11-20-8-3-4-9-20)16-6-5-15(14-18-16)13-17-7-12-21-2/h5-6,14,17H,3-4,7-13H2,1-2H3. The Bertz CT molecular complexity index is 390. The predicted molar refractivity (Wildman–Crippen MR) is 86.8 cm³/mol. The molecule has 1 N–H and O–H groups in total. The van der Waals surface area contributed by atoms with Crippen molar-refractivity contribution in [3.8, 4) is 0 Å². The Labute approximate surface area is 128 Å². The summed E-state index contributed by atoms with van der Waals surface area (Å²) in [5.41, 5.74) is 1.21. The van der Waals surface area contributed by atoms with Crippen LogP contribution in [0.3, 0.4) is 0 Å². The van der Waals surface area contributed by atoms with Gasteiger partial charge in [-0.2, -0.15) is 0 Å². The molecule has 0 radical (unpaired) electrons. The summed E-state index contributed by atoms with van der Waals surface area (Å²) in [6, 6.07) is 4.26. The lowest BCUT2D eigenvalue weighted by Crippen LogP contribution is -2.31. The second-order valence-corrected chi connectivity index (χ2v) is 5.66. The molecule has 1 fully saturated rings. The van der Waals surface area contributed by atoms with Gasteiger partial charge in [0.05, 0.1) is 6.61 Å². The monoisotopic (exact) mass is 292 g/mol. The van der Waals surface area contributed by atoms with E-state index in [0.717, 1.165) is 38.6 Å². The maximum atomic E-state index is 5.01. The van der Waals surface area contributed by atoms with Crippen molar-refractivity contribution < 1.29 is 4.74 Å². The number of aromatic nitrogens is 1. The van der Waals surface area contributed by atoms with E-state index in [0.29, 0.717) is 0 Å². The van der Waals surface area contributed by atoms with E-state index in [9.17, 15) is 0 Å². The number of likely N-dealkylation sites (tertiary alicyclic amines) is 1. The van der Waals surface area contributed by atoms with Crippen LogP contribution in [0.5, 0.6) is 0 Å². The molecule has 1 aliphatic heterocycles. The highest BCUT2D eigenvalue weighted by atomic mass is 16.5. The predicted octanol–water partition coefficient (Wildman–Crippen LogP) is 1.35. The summed E-state index contributed by atoms with van der Waals surface area (Å²) in [6.45, 7) is 7.14. The van der Waals surface area contributed by atoms with E-state index in [2.05, 4.69) is 39.3 Å². The van der Waals surface area contributed by atoms with E-state index in [4.69, 9.17) is 4.74 Å². The molecule has 2 rings (SSSR count). The molecule has 2 heterocycles. The van der Waals surface area contributed by atoms with Crippen LogP contribution in [0.15, 0.2) is 18.3 Å². The van der Waals surface area contributed by atoms with Crippen molar-refractivity contribution in [3.63, 3.8) is 0 Å². The van der Waals surface area contributed by atoms with Gasteiger partial charge in [0.25, 0.3) is 0 Å². The first-order chi connectivity index (χ1) is 10.3. The fraction of sp³-hybridized carbons (Fsp3) is 0.688. The molecule has 0 aliphatic carbocycles. The third-order valence-electron chi connectivity index (χ3n) is 3.96. The van der Waals surface area contributed by atoms with Crippen LogP contribution < -0.4 is 10.2 Å². The summed E-state index contributed by atoms with van der Waals surface area (Å²) in [6.07, 6.45) is 4.67. The molecule has 5 heteroatoms. The lowest BCUT2D eigenvalue weighted by atomic mass is 10.2. The van der Waals surface area contributed by atoms with Gasteiger partial charge in [-0.15, -0.1) is 0 Å². The number of ether oxygens (including phenoxy) is 1. The zero-order valence-corrected chi connectivity index (χ0v) is 13.3. The number of methoxy groups -OCH3 is 1. The quantitative estimate of drug-likeness (QED) is 0.696. The molecule has 0 aromatic carbocycles. The minimum absolute atomic E-state index is 0.741. The molecule has 5 nitrogen and oxygen atoms in total. The zero-order valence-electron chi connectivity index (χ0n) is 13.3. The number of rotatable bonds is 9. The Morgan fingerprint density at radius 3 is 2.81 bits per heavy atom. The second-order valence-electron chi connectivity index (χ2n) is 5.66. The highest BCUT2D eigenvalue weighted by Gasteiger charge is 2.12. The van der Waals surface area contributed by atoms with Crippen molar-refractivity contribution in [3.05, 3.63) is 23.9 Å². The van der Waals surface area contributed by atoms with Crippen molar-refractivity contribution in [1.82, 2.24) is 15.2 Å². The fourth-order valence-corrected chi connectivity index (χ4v) is 2.57. The molecular formula is C16H28N4O. The summed E-state index contributed by atoms with van der Waals surface area (Å²) in [7, 11) is 3.84. The van der Waals surface area contributed by atoms with E-state index in [1.54, 1.807) is 7.11 Å². The number of nitrogens with zero attached hydrogens (tertiary/aromatic N) is 3. The van der Waals surface area contributed by atoms with Crippen LogP contribution in [0.2, 0.25) is 0 Å². The lowest BCUT2D eigenvalue weighted by Gasteiger charge is -2.22. The molecule has 118 valence electrons. The van der Waals surface area contributed by atoms with Crippen molar-refractivity contribution in [1.29, 1.82) is 0 Å². The minimum Gasteiger partial charge on any atom is -0.383 e. The maximum absolute atomic E-state index is 5.01. The Morgan fingerprint density at radius 1 is 1.33 bits per heavy atom. The van der Waals surface area contributed by atoms with Gasteiger partial charge in [0.1, 0.15) is 5.82 Å². The van der Waals surface area contributed by atoms with Gasteiger partial charge in [0.15, 0.2) is 0 Å². The van der Waals surface area contributed by atoms with Gasteiger partial charge in [0, 0.05) is 46.5 Å². The van der Waals surface area contributed by atoms with Gasteiger partial charge < -0.3 is 19.9 Å². The van der Waals surface area contributed by atoms with Crippen molar-refractivity contribution >= 4 is 5.82 Å². The first-order valence-corrected chi connectivity index (χ1v) is 7.87. The topological polar surface area (TPSA) is 40.6 Å². The smallest absolute Gasteiger partial charge is 0.128 e. The van der Waals surface area contributed by atoms with Gasteiger partial charge in [0.2, 0.25) is 0 Å². The van der Waals surface area contributed by atoms with Gasteiger partial charge in [-0.25, -0.2) is 4.98 Å². The number of hydrogen-bond acceptors (Lipinski definition) is 5. The molecule has 1 aromatic rings. The van der Waals surface area contributed by atoms with E-state index < -0.39 is 0 Å². The Kier molecular flexibility index (Phi) is 6.92. The van der Waals surface area contributed by atoms with Crippen LogP contribution in [-0.2, 0) is 11.3 Å². The molecule has 1 aliphatic rings. The average Bonchev–Trinajstić information content (AvgIpc) is 3.03. The Morgan fingerprint density at radius 2 is 2.14 bits per heavy atom. The summed E-state index contributed by atoms with van der Waals surface area (Å²) in [5.74, 6) is 1.05. The number of nitrogens with one attached hydrogen (secondary N) is 1. The van der Waals surface area contributed by atoms with Crippen molar-refractivity contribution in [2.24, 2.45) is 0 Å². The van der Waals surface area contributed by atoms with Crippen LogP contribution in [0, 0.1) is 0 Å². The third-order valence-corrected chi connectivity index (χ3v) is 3.96. The molecule has 0 saturated carbocycles.